The molecule has 0 bridgehead atoms. The van der Waals surface area contributed by atoms with Crippen LogP contribution >= 0.6 is 11.3 Å². The van der Waals surface area contributed by atoms with Crippen LogP contribution in [0.15, 0.2) is 23.8 Å². The molecule has 3 aromatic rings. The zero-order valence-corrected chi connectivity index (χ0v) is 18.2. The van der Waals surface area contributed by atoms with Crippen molar-refractivity contribution in [1.82, 2.24) is 19.7 Å². The second kappa shape index (κ2) is 8.54. The van der Waals surface area contributed by atoms with Gasteiger partial charge < -0.3 is 10.6 Å². The first-order chi connectivity index (χ1) is 15.5. The summed E-state index contributed by atoms with van der Waals surface area (Å²) >= 11 is 0.948. The van der Waals surface area contributed by atoms with E-state index in [4.69, 9.17) is 0 Å². The molecule has 0 spiro atoms. The molecule has 0 aliphatic heterocycles. The van der Waals surface area contributed by atoms with Gasteiger partial charge in [-0.3, -0.25) is 14.2 Å². The van der Waals surface area contributed by atoms with Crippen molar-refractivity contribution in [2.75, 3.05) is 10.6 Å². The zero-order valence-electron chi connectivity index (χ0n) is 17.4. The Kier molecular flexibility index (Phi) is 5.91. The number of nitrogens with zero attached hydrogens (tertiary/aromatic N) is 4. The van der Waals surface area contributed by atoms with Crippen LogP contribution in [0.2, 0.25) is 0 Å². The summed E-state index contributed by atoms with van der Waals surface area (Å²) in [7, 11) is 0. The predicted octanol–water partition coefficient (Wildman–Crippen LogP) is 4.57. The molecule has 1 aliphatic carbocycles. The molecule has 13 heteroatoms. The monoisotopic (exact) mass is 482 g/mol. The van der Waals surface area contributed by atoms with Crippen molar-refractivity contribution in [2.45, 2.75) is 38.9 Å². The van der Waals surface area contributed by atoms with Crippen molar-refractivity contribution >= 4 is 34.7 Å². The molecular weight excluding hydrogens is 464 g/mol. The SMILES string of the molecule is Cc1cc(F)c(C(=O)Nc2csc(-c3nncn3[C@@H](C)C(F)(F)F)n2)cc1NC(=O)C1CC1. The van der Waals surface area contributed by atoms with Gasteiger partial charge in [-0.1, -0.05) is 0 Å². The lowest BCUT2D eigenvalue weighted by molar-refractivity contribution is -0.162. The van der Waals surface area contributed by atoms with E-state index in [1.807, 2.05) is 0 Å². The second-order valence-corrected chi connectivity index (χ2v) is 8.54. The van der Waals surface area contributed by atoms with Crippen LogP contribution in [-0.2, 0) is 4.79 Å². The van der Waals surface area contributed by atoms with Crippen LogP contribution in [0.1, 0.15) is 41.7 Å². The first kappa shape index (κ1) is 22.8. The molecule has 0 radical (unpaired) electrons. The molecule has 2 heterocycles. The predicted molar refractivity (Wildman–Crippen MR) is 112 cm³/mol. The van der Waals surface area contributed by atoms with Gasteiger partial charge in [0, 0.05) is 17.0 Å². The van der Waals surface area contributed by atoms with E-state index in [1.54, 1.807) is 6.92 Å². The van der Waals surface area contributed by atoms with Crippen molar-refractivity contribution in [1.29, 1.82) is 0 Å². The van der Waals surface area contributed by atoms with Crippen molar-refractivity contribution < 1.29 is 27.2 Å². The van der Waals surface area contributed by atoms with E-state index in [0.29, 0.717) is 11.3 Å². The second-order valence-electron chi connectivity index (χ2n) is 7.68. The quantitative estimate of drug-likeness (QED) is 0.501. The summed E-state index contributed by atoms with van der Waals surface area (Å²) in [5.41, 5.74) is 0.480. The lowest BCUT2D eigenvalue weighted by Gasteiger charge is -2.17. The summed E-state index contributed by atoms with van der Waals surface area (Å²) in [6.45, 7) is 2.57. The fourth-order valence-electron chi connectivity index (χ4n) is 3.02. The summed E-state index contributed by atoms with van der Waals surface area (Å²) in [5.74, 6) is -1.96. The Labute approximate surface area is 189 Å². The number of nitrogens with one attached hydrogen (secondary N) is 2. The first-order valence-corrected chi connectivity index (χ1v) is 10.8. The van der Waals surface area contributed by atoms with Crippen LogP contribution in [0.5, 0.6) is 0 Å². The molecule has 2 amide bonds. The summed E-state index contributed by atoms with van der Waals surface area (Å²) in [5, 5.41) is 13.8. The zero-order chi connectivity index (χ0) is 23.9. The molecule has 2 aromatic heterocycles. The standard InChI is InChI=1S/C20H18F4N6O2S/c1-9-5-13(21)12(6-14(9)26-17(31)11-3-4-11)18(32)27-15-7-33-19(28-15)16-29-25-8-30(16)10(2)20(22,23)24/h5-8,10-11H,3-4H2,1-2H3,(H,26,31)(H,27,32)/t10-/m0/s1. The van der Waals surface area contributed by atoms with Gasteiger partial charge in [0.2, 0.25) is 5.91 Å². The van der Waals surface area contributed by atoms with Crippen LogP contribution in [0.4, 0.5) is 29.1 Å². The molecule has 1 atom stereocenters. The topological polar surface area (TPSA) is 102 Å². The minimum absolute atomic E-state index is 0.0118. The number of hydrogen-bond donors (Lipinski definition) is 2. The Morgan fingerprint density at radius 3 is 2.64 bits per heavy atom. The molecule has 1 aliphatic rings. The molecule has 2 N–H and O–H groups in total. The third-order valence-electron chi connectivity index (χ3n) is 5.17. The molecule has 1 saturated carbocycles. The van der Waals surface area contributed by atoms with Crippen molar-refractivity contribution in [3.63, 3.8) is 0 Å². The number of rotatable bonds is 6. The number of benzene rings is 1. The Bertz CT molecular complexity index is 1220. The lowest BCUT2D eigenvalue weighted by atomic mass is 10.1. The van der Waals surface area contributed by atoms with Crippen LogP contribution < -0.4 is 10.6 Å². The number of carbonyl (C=O) groups is 2. The third kappa shape index (κ3) is 4.87. The van der Waals surface area contributed by atoms with E-state index >= 15 is 0 Å². The van der Waals surface area contributed by atoms with Gasteiger partial charge in [0.05, 0.1) is 5.56 Å². The number of halogens is 4. The van der Waals surface area contributed by atoms with Gasteiger partial charge in [-0.2, -0.15) is 13.2 Å². The van der Waals surface area contributed by atoms with Gasteiger partial charge in [0.25, 0.3) is 5.91 Å². The molecular formula is C20H18F4N6O2S. The molecule has 1 fully saturated rings. The van der Waals surface area contributed by atoms with E-state index in [2.05, 4.69) is 25.8 Å². The average Bonchev–Trinajstić information content (AvgIpc) is 3.30. The highest BCUT2D eigenvalue weighted by Gasteiger charge is 2.39. The number of thiazole rings is 1. The van der Waals surface area contributed by atoms with Crippen LogP contribution in [0.25, 0.3) is 10.8 Å². The van der Waals surface area contributed by atoms with Crippen molar-refractivity contribution in [2.24, 2.45) is 5.92 Å². The molecule has 33 heavy (non-hydrogen) atoms. The van der Waals surface area contributed by atoms with Gasteiger partial charge in [-0.15, -0.1) is 21.5 Å². The minimum atomic E-state index is -4.51. The molecule has 174 valence electrons. The Balaban J connectivity index is 1.53. The summed E-state index contributed by atoms with van der Waals surface area (Å²) in [6.07, 6.45) is -1.98. The Hall–Kier alpha value is -3.35. The van der Waals surface area contributed by atoms with Crippen LogP contribution in [-0.4, -0.2) is 37.7 Å². The van der Waals surface area contributed by atoms with E-state index in [0.717, 1.165) is 48.1 Å². The first-order valence-electron chi connectivity index (χ1n) is 9.89. The number of alkyl halides is 3. The molecule has 4 rings (SSSR count). The minimum Gasteiger partial charge on any atom is -0.326 e. The lowest BCUT2D eigenvalue weighted by Crippen LogP contribution is -2.23. The Morgan fingerprint density at radius 2 is 1.97 bits per heavy atom. The molecule has 0 saturated heterocycles. The van der Waals surface area contributed by atoms with Crippen LogP contribution in [0.3, 0.4) is 0 Å². The summed E-state index contributed by atoms with van der Waals surface area (Å²) in [4.78, 5) is 28.8. The number of aromatic nitrogens is 4. The van der Waals surface area contributed by atoms with E-state index in [-0.39, 0.29) is 34.0 Å². The summed E-state index contributed by atoms with van der Waals surface area (Å²) < 4.78 is 54.5. The molecule has 8 nitrogen and oxygen atoms in total. The molecule has 0 unspecified atom stereocenters. The third-order valence-corrected chi connectivity index (χ3v) is 6.00. The highest BCUT2D eigenvalue weighted by Crippen LogP contribution is 2.34. The van der Waals surface area contributed by atoms with Gasteiger partial charge in [-0.05, 0) is 44.4 Å². The number of carbonyl (C=O) groups excluding carboxylic acids is 2. The molecule has 1 aromatic carbocycles. The summed E-state index contributed by atoms with van der Waals surface area (Å²) in [6, 6.07) is 0.510. The van der Waals surface area contributed by atoms with E-state index in [9.17, 15) is 27.2 Å². The average molecular weight is 482 g/mol. The largest absolute Gasteiger partial charge is 0.408 e. The fraction of sp³-hybridized carbons (Fsp3) is 0.350. The highest BCUT2D eigenvalue weighted by molar-refractivity contribution is 7.13. The van der Waals surface area contributed by atoms with Crippen molar-refractivity contribution in [3.05, 3.63) is 40.8 Å². The fourth-order valence-corrected chi connectivity index (χ4v) is 3.75. The highest BCUT2D eigenvalue weighted by atomic mass is 32.1. The van der Waals surface area contributed by atoms with E-state index < -0.39 is 23.9 Å². The smallest absolute Gasteiger partial charge is 0.326 e. The maximum absolute atomic E-state index is 14.5. The van der Waals surface area contributed by atoms with Gasteiger partial charge in [0.15, 0.2) is 10.8 Å². The Morgan fingerprint density at radius 1 is 1.24 bits per heavy atom. The van der Waals surface area contributed by atoms with Crippen molar-refractivity contribution in [3.8, 4) is 10.8 Å². The van der Waals surface area contributed by atoms with Crippen LogP contribution in [0, 0.1) is 18.7 Å². The van der Waals surface area contributed by atoms with E-state index in [1.165, 1.54) is 11.4 Å². The normalized spacial score (nSPS) is 14.7. The number of anilines is 2. The number of aryl methyl sites for hydroxylation is 1. The van der Waals surface area contributed by atoms with Gasteiger partial charge in [-0.25, -0.2) is 9.37 Å². The van der Waals surface area contributed by atoms with Gasteiger partial charge >= 0.3 is 6.18 Å². The maximum atomic E-state index is 14.5. The maximum Gasteiger partial charge on any atom is 0.408 e. The van der Waals surface area contributed by atoms with Gasteiger partial charge in [0.1, 0.15) is 24.0 Å². The number of hydrogen-bond acceptors (Lipinski definition) is 6. The number of amides is 2.